The first-order chi connectivity index (χ1) is 9.14. The van der Waals surface area contributed by atoms with Gasteiger partial charge in [0.15, 0.2) is 0 Å². The Kier molecular flexibility index (Phi) is 4.25. The molecule has 104 valence electrons. The molecule has 0 saturated heterocycles. The number of benzene rings is 1. The summed E-state index contributed by atoms with van der Waals surface area (Å²) in [7, 11) is 1.88. The van der Waals surface area contributed by atoms with E-state index in [-0.39, 0.29) is 11.3 Å². The number of hydrogen-bond acceptors (Lipinski definition) is 2. The second kappa shape index (κ2) is 5.74. The van der Waals surface area contributed by atoms with Crippen LogP contribution >= 0.6 is 0 Å². The van der Waals surface area contributed by atoms with Crippen LogP contribution in [0.3, 0.4) is 0 Å². The van der Waals surface area contributed by atoms with E-state index < -0.39 is 0 Å². The lowest BCUT2D eigenvalue weighted by atomic mass is 9.82. The minimum absolute atomic E-state index is 0.142. The molecule has 1 fully saturated rings. The van der Waals surface area contributed by atoms with Crippen LogP contribution < -0.4 is 10.6 Å². The Balaban J connectivity index is 2.28. The summed E-state index contributed by atoms with van der Waals surface area (Å²) in [6.45, 7) is 2.60. The van der Waals surface area contributed by atoms with E-state index in [4.69, 9.17) is 5.73 Å². The molecule has 0 spiro atoms. The third-order valence-electron chi connectivity index (χ3n) is 4.57. The molecular formula is C16H24N2O. The quantitative estimate of drug-likeness (QED) is 0.904. The molecule has 3 nitrogen and oxygen atoms in total. The van der Waals surface area contributed by atoms with Crippen molar-refractivity contribution in [1.29, 1.82) is 0 Å². The van der Waals surface area contributed by atoms with Gasteiger partial charge < -0.3 is 10.6 Å². The Bertz CT molecular complexity index is 450. The molecule has 0 aliphatic heterocycles. The van der Waals surface area contributed by atoms with Crippen molar-refractivity contribution in [1.82, 2.24) is 0 Å². The standard InChI is InChI=1S/C16H24N2O/c1-3-16(10-6-7-11-16)15(19)18(2)14-9-5-4-8-13(14)12-17/h4-5,8-9H,3,6-7,10-12,17H2,1-2H3. The molecule has 1 aliphatic rings. The Hall–Kier alpha value is -1.35. The largest absolute Gasteiger partial charge is 0.326 e. The maximum absolute atomic E-state index is 12.9. The van der Waals surface area contributed by atoms with Gasteiger partial charge in [-0.15, -0.1) is 0 Å². The highest BCUT2D eigenvalue weighted by Gasteiger charge is 2.41. The highest BCUT2D eigenvalue weighted by Crippen LogP contribution is 2.43. The van der Waals surface area contributed by atoms with Gasteiger partial charge in [-0.05, 0) is 30.9 Å². The summed E-state index contributed by atoms with van der Waals surface area (Å²) in [6, 6.07) is 7.91. The van der Waals surface area contributed by atoms with Gasteiger partial charge in [-0.2, -0.15) is 0 Å². The zero-order valence-electron chi connectivity index (χ0n) is 12.0. The van der Waals surface area contributed by atoms with Crippen LogP contribution in [0, 0.1) is 5.41 Å². The molecule has 0 heterocycles. The number of anilines is 1. The maximum atomic E-state index is 12.9. The van der Waals surface area contributed by atoms with Crippen molar-refractivity contribution in [3.63, 3.8) is 0 Å². The van der Waals surface area contributed by atoms with Crippen molar-refractivity contribution >= 4 is 11.6 Å². The fourth-order valence-electron chi connectivity index (χ4n) is 3.25. The lowest BCUT2D eigenvalue weighted by Gasteiger charge is -2.32. The Morgan fingerprint density at radius 1 is 1.32 bits per heavy atom. The predicted octanol–water partition coefficient (Wildman–Crippen LogP) is 3.08. The van der Waals surface area contributed by atoms with Crippen LogP contribution in [0.15, 0.2) is 24.3 Å². The van der Waals surface area contributed by atoms with Crippen molar-refractivity contribution in [3.8, 4) is 0 Å². The molecule has 19 heavy (non-hydrogen) atoms. The number of amides is 1. The highest BCUT2D eigenvalue weighted by atomic mass is 16.2. The van der Waals surface area contributed by atoms with Crippen LogP contribution in [0.25, 0.3) is 0 Å². The van der Waals surface area contributed by atoms with Crippen molar-refractivity contribution in [3.05, 3.63) is 29.8 Å². The molecule has 0 unspecified atom stereocenters. The molecule has 0 aromatic heterocycles. The number of carbonyl (C=O) groups is 1. The highest BCUT2D eigenvalue weighted by molar-refractivity contribution is 5.97. The summed E-state index contributed by atoms with van der Waals surface area (Å²) < 4.78 is 0. The number of nitrogens with two attached hydrogens (primary N) is 1. The van der Waals surface area contributed by atoms with Crippen LogP contribution in [0.2, 0.25) is 0 Å². The van der Waals surface area contributed by atoms with Gasteiger partial charge in [-0.3, -0.25) is 4.79 Å². The SMILES string of the molecule is CCC1(C(=O)N(C)c2ccccc2CN)CCCC1. The molecule has 1 aliphatic carbocycles. The first-order valence-electron chi connectivity index (χ1n) is 7.21. The molecule has 0 bridgehead atoms. The first kappa shape index (κ1) is 14.1. The summed E-state index contributed by atoms with van der Waals surface area (Å²) >= 11 is 0. The second-order valence-corrected chi connectivity index (χ2v) is 5.54. The van der Waals surface area contributed by atoms with Crippen molar-refractivity contribution in [2.24, 2.45) is 11.1 Å². The molecule has 1 saturated carbocycles. The van der Waals surface area contributed by atoms with E-state index in [2.05, 4.69) is 6.92 Å². The zero-order valence-corrected chi connectivity index (χ0v) is 12.0. The summed E-state index contributed by atoms with van der Waals surface area (Å²) in [5.74, 6) is 0.258. The van der Waals surface area contributed by atoms with Crippen molar-refractivity contribution in [2.75, 3.05) is 11.9 Å². The van der Waals surface area contributed by atoms with Gasteiger partial charge in [-0.1, -0.05) is 38.0 Å². The Labute approximate surface area is 115 Å². The van der Waals surface area contributed by atoms with E-state index in [0.29, 0.717) is 6.54 Å². The molecule has 1 aromatic rings. The molecular weight excluding hydrogens is 236 g/mol. The third kappa shape index (κ3) is 2.52. The minimum Gasteiger partial charge on any atom is -0.326 e. The average molecular weight is 260 g/mol. The smallest absolute Gasteiger partial charge is 0.232 e. The van der Waals surface area contributed by atoms with Crippen molar-refractivity contribution in [2.45, 2.75) is 45.6 Å². The average Bonchev–Trinajstić information content (AvgIpc) is 2.95. The van der Waals surface area contributed by atoms with E-state index in [1.807, 2.05) is 36.2 Å². The summed E-state index contributed by atoms with van der Waals surface area (Å²) in [5.41, 5.74) is 7.61. The number of carbonyl (C=O) groups excluding carboxylic acids is 1. The van der Waals surface area contributed by atoms with Gasteiger partial charge in [0.25, 0.3) is 0 Å². The van der Waals surface area contributed by atoms with E-state index in [9.17, 15) is 4.79 Å². The van der Waals surface area contributed by atoms with Gasteiger partial charge in [0.2, 0.25) is 5.91 Å². The van der Waals surface area contributed by atoms with Crippen LogP contribution in [0.5, 0.6) is 0 Å². The van der Waals surface area contributed by atoms with Crippen LogP contribution in [0.1, 0.15) is 44.6 Å². The first-order valence-corrected chi connectivity index (χ1v) is 7.21. The summed E-state index contributed by atoms with van der Waals surface area (Å²) in [4.78, 5) is 14.7. The van der Waals surface area contributed by atoms with E-state index in [1.165, 1.54) is 12.8 Å². The fraction of sp³-hybridized carbons (Fsp3) is 0.562. The monoisotopic (exact) mass is 260 g/mol. The molecule has 2 rings (SSSR count). The van der Waals surface area contributed by atoms with Gasteiger partial charge in [-0.25, -0.2) is 0 Å². The molecule has 0 atom stereocenters. The van der Waals surface area contributed by atoms with Gasteiger partial charge in [0.05, 0.1) is 0 Å². The lowest BCUT2D eigenvalue weighted by Crippen LogP contribution is -2.40. The number of nitrogens with zero attached hydrogens (tertiary/aromatic N) is 1. The third-order valence-corrected chi connectivity index (χ3v) is 4.57. The molecule has 0 radical (unpaired) electrons. The second-order valence-electron chi connectivity index (χ2n) is 5.54. The molecule has 3 heteroatoms. The lowest BCUT2D eigenvalue weighted by molar-refractivity contribution is -0.127. The van der Waals surface area contributed by atoms with Crippen LogP contribution in [-0.2, 0) is 11.3 Å². The molecule has 1 amide bonds. The molecule has 2 N–H and O–H groups in total. The van der Waals surface area contributed by atoms with Gasteiger partial charge >= 0.3 is 0 Å². The van der Waals surface area contributed by atoms with E-state index in [1.54, 1.807) is 0 Å². The Morgan fingerprint density at radius 2 is 1.95 bits per heavy atom. The fourth-order valence-corrected chi connectivity index (χ4v) is 3.25. The van der Waals surface area contributed by atoms with E-state index in [0.717, 1.165) is 30.5 Å². The number of para-hydroxylation sites is 1. The zero-order chi connectivity index (χ0) is 13.9. The Morgan fingerprint density at radius 3 is 2.53 bits per heavy atom. The topological polar surface area (TPSA) is 46.3 Å². The number of rotatable bonds is 4. The number of hydrogen-bond donors (Lipinski definition) is 1. The molecule has 1 aromatic carbocycles. The normalized spacial score (nSPS) is 17.4. The van der Waals surface area contributed by atoms with Crippen molar-refractivity contribution < 1.29 is 4.79 Å². The van der Waals surface area contributed by atoms with E-state index >= 15 is 0 Å². The maximum Gasteiger partial charge on any atom is 0.232 e. The van der Waals surface area contributed by atoms with Gasteiger partial charge in [0.1, 0.15) is 0 Å². The minimum atomic E-state index is -0.142. The predicted molar refractivity (Wildman–Crippen MR) is 78.9 cm³/mol. The van der Waals surface area contributed by atoms with Gasteiger partial charge in [0, 0.05) is 24.7 Å². The van der Waals surface area contributed by atoms with Crippen LogP contribution in [0.4, 0.5) is 5.69 Å². The summed E-state index contributed by atoms with van der Waals surface area (Å²) in [5, 5.41) is 0. The van der Waals surface area contributed by atoms with Crippen LogP contribution in [-0.4, -0.2) is 13.0 Å². The summed E-state index contributed by atoms with van der Waals surface area (Å²) in [6.07, 6.45) is 5.33.